The van der Waals surface area contributed by atoms with Crippen LogP contribution >= 0.6 is 11.3 Å². The summed E-state index contributed by atoms with van der Waals surface area (Å²) in [6.45, 7) is 1.75. The van der Waals surface area contributed by atoms with E-state index < -0.39 is 0 Å². The van der Waals surface area contributed by atoms with Gasteiger partial charge in [-0.2, -0.15) is 0 Å². The number of aromatic nitrogens is 1. The molecule has 5 nitrogen and oxygen atoms in total. The number of anilines is 1. The lowest BCUT2D eigenvalue weighted by atomic mass is 10.1. The quantitative estimate of drug-likeness (QED) is 0.628. The van der Waals surface area contributed by atoms with E-state index in [2.05, 4.69) is 16.4 Å². The third kappa shape index (κ3) is 5.00. The molecular weight excluding hydrogens is 336 g/mol. The van der Waals surface area contributed by atoms with E-state index in [1.165, 1.54) is 16.9 Å². The molecule has 3 rings (SSSR count). The van der Waals surface area contributed by atoms with Crippen LogP contribution in [0.3, 0.4) is 0 Å². The standard InChI is InChI=1S/C19H20N2O3S/c1-13-6-8-15(9-7-13)16-12-25-19(20-16)21-17(22)11-24-18(23)10-14-4-2-3-5-14/h2,4,6-9,12,14H,3,5,10-11H2,1H3,(H,20,21,22)/t14-/m1/s1. The molecule has 0 saturated carbocycles. The highest BCUT2D eigenvalue weighted by Crippen LogP contribution is 2.25. The topological polar surface area (TPSA) is 68.3 Å². The Morgan fingerprint density at radius 3 is 2.84 bits per heavy atom. The number of nitrogens with one attached hydrogen (secondary N) is 1. The van der Waals surface area contributed by atoms with Crippen molar-refractivity contribution in [2.75, 3.05) is 11.9 Å². The first-order valence-electron chi connectivity index (χ1n) is 8.25. The molecule has 0 bridgehead atoms. The minimum Gasteiger partial charge on any atom is -0.456 e. The number of carbonyl (C=O) groups excluding carboxylic acids is 2. The first-order valence-corrected chi connectivity index (χ1v) is 9.13. The Balaban J connectivity index is 1.47. The van der Waals surface area contributed by atoms with E-state index in [0.717, 1.165) is 24.1 Å². The number of amides is 1. The summed E-state index contributed by atoms with van der Waals surface area (Å²) in [5.74, 6) is -0.474. The maximum absolute atomic E-state index is 11.9. The van der Waals surface area contributed by atoms with Crippen LogP contribution in [-0.4, -0.2) is 23.5 Å². The maximum atomic E-state index is 11.9. The first kappa shape index (κ1) is 17.4. The van der Waals surface area contributed by atoms with Crippen LogP contribution in [0.2, 0.25) is 0 Å². The number of carbonyl (C=O) groups is 2. The monoisotopic (exact) mass is 356 g/mol. The van der Waals surface area contributed by atoms with Crippen LogP contribution in [0.15, 0.2) is 41.8 Å². The SMILES string of the molecule is Cc1ccc(-c2csc(NC(=O)COC(=O)C[C@@H]3C=CCC3)n2)cc1. The fraction of sp³-hybridized carbons (Fsp3) is 0.316. The van der Waals surface area contributed by atoms with E-state index in [1.54, 1.807) is 0 Å². The third-order valence-corrected chi connectivity index (χ3v) is 4.76. The Hall–Kier alpha value is -2.47. The lowest BCUT2D eigenvalue weighted by molar-refractivity contribution is -0.147. The summed E-state index contributed by atoms with van der Waals surface area (Å²) in [5.41, 5.74) is 2.99. The number of nitrogens with zero attached hydrogens (tertiary/aromatic N) is 1. The number of hydrogen-bond donors (Lipinski definition) is 1. The molecule has 1 aliphatic carbocycles. The molecular formula is C19H20N2O3S. The summed E-state index contributed by atoms with van der Waals surface area (Å²) in [5, 5.41) is 5.05. The molecule has 0 radical (unpaired) electrons. The summed E-state index contributed by atoms with van der Waals surface area (Å²) in [6, 6.07) is 8.03. The van der Waals surface area contributed by atoms with Crippen molar-refractivity contribution in [3.8, 4) is 11.3 Å². The Labute approximate surface area is 150 Å². The molecule has 6 heteroatoms. The molecule has 130 valence electrons. The number of ether oxygens (including phenoxy) is 1. The van der Waals surface area contributed by atoms with Crippen molar-refractivity contribution in [3.05, 3.63) is 47.4 Å². The average Bonchev–Trinajstić information content (AvgIpc) is 3.26. The van der Waals surface area contributed by atoms with Gasteiger partial charge in [-0.25, -0.2) is 4.98 Å². The molecule has 1 aromatic heterocycles. The van der Waals surface area contributed by atoms with Gasteiger partial charge in [0, 0.05) is 10.9 Å². The van der Waals surface area contributed by atoms with E-state index in [0.29, 0.717) is 11.6 Å². The third-order valence-electron chi connectivity index (χ3n) is 4.00. The van der Waals surface area contributed by atoms with Gasteiger partial charge in [-0.05, 0) is 25.7 Å². The van der Waals surface area contributed by atoms with Crippen molar-refractivity contribution < 1.29 is 14.3 Å². The summed E-state index contributed by atoms with van der Waals surface area (Å²) in [6.07, 6.45) is 6.41. The van der Waals surface area contributed by atoms with Gasteiger partial charge in [-0.1, -0.05) is 42.0 Å². The van der Waals surface area contributed by atoms with Gasteiger partial charge < -0.3 is 4.74 Å². The van der Waals surface area contributed by atoms with Crippen molar-refractivity contribution in [2.24, 2.45) is 5.92 Å². The molecule has 0 aliphatic heterocycles. The van der Waals surface area contributed by atoms with Crippen LogP contribution in [-0.2, 0) is 14.3 Å². The zero-order valence-electron chi connectivity index (χ0n) is 14.0. The molecule has 1 atom stereocenters. The lowest BCUT2D eigenvalue weighted by Gasteiger charge is -2.07. The zero-order valence-corrected chi connectivity index (χ0v) is 14.8. The Kier molecular flexibility index (Phi) is 5.60. The Morgan fingerprint density at radius 1 is 1.32 bits per heavy atom. The van der Waals surface area contributed by atoms with Crippen molar-refractivity contribution in [1.82, 2.24) is 4.98 Å². The number of allylic oxidation sites excluding steroid dienone is 2. The van der Waals surface area contributed by atoms with E-state index in [4.69, 9.17) is 4.74 Å². The molecule has 25 heavy (non-hydrogen) atoms. The smallest absolute Gasteiger partial charge is 0.306 e. The predicted octanol–water partition coefficient (Wildman–Crippen LogP) is 3.96. The molecule has 1 heterocycles. The highest BCUT2D eigenvalue weighted by molar-refractivity contribution is 7.14. The second-order valence-corrected chi connectivity index (χ2v) is 6.94. The van der Waals surface area contributed by atoms with Crippen molar-refractivity contribution >= 4 is 28.3 Å². The van der Waals surface area contributed by atoms with Gasteiger partial charge in [0.05, 0.1) is 12.1 Å². The van der Waals surface area contributed by atoms with Gasteiger partial charge >= 0.3 is 5.97 Å². The highest BCUT2D eigenvalue weighted by atomic mass is 32.1. The normalized spacial score (nSPS) is 16.0. The van der Waals surface area contributed by atoms with E-state index in [9.17, 15) is 9.59 Å². The van der Waals surface area contributed by atoms with E-state index >= 15 is 0 Å². The molecule has 0 spiro atoms. The first-order chi connectivity index (χ1) is 12.1. The largest absolute Gasteiger partial charge is 0.456 e. The van der Waals surface area contributed by atoms with Crippen LogP contribution in [0, 0.1) is 12.8 Å². The number of hydrogen-bond acceptors (Lipinski definition) is 5. The minimum absolute atomic E-state index is 0.242. The van der Waals surface area contributed by atoms with E-state index in [-0.39, 0.29) is 24.4 Å². The second kappa shape index (κ2) is 8.07. The Bertz CT molecular complexity index is 780. The molecule has 1 amide bonds. The molecule has 1 aromatic carbocycles. The lowest BCUT2D eigenvalue weighted by Crippen LogP contribution is -2.21. The van der Waals surface area contributed by atoms with Crippen LogP contribution in [0.5, 0.6) is 0 Å². The average molecular weight is 356 g/mol. The highest BCUT2D eigenvalue weighted by Gasteiger charge is 2.16. The van der Waals surface area contributed by atoms with Crippen LogP contribution in [0.25, 0.3) is 11.3 Å². The molecule has 1 aliphatic rings. The van der Waals surface area contributed by atoms with Gasteiger partial charge in [0.2, 0.25) is 0 Å². The summed E-state index contributed by atoms with van der Waals surface area (Å²) >= 11 is 1.34. The molecule has 0 saturated heterocycles. The number of thiazole rings is 1. The fourth-order valence-corrected chi connectivity index (χ4v) is 3.36. The van der Waals surface area contributed by atoms with Crippen LogP contribution < -0.4 is 5.32 Å². The number of aryl methyl sites for hydroxylation is 1. The van der Waals surface area contributed by atoms with E-state index in [1.807, 2.05) is 42.6 Å². The van der Waals surface area contributed by atoms with Gasteiger partial charge in [0.1, 0.15) is 0 Å². The van der Waals surface area contributed by atoms with Gasteiger partial charge in [-0.15, -0.1) is 11.3 Å². The van der Waals surface area contributed by atoms with Gasteiger partial charge in [0.15, 0.2) is 11.7 Å². The second-order valence-electron chi connectivity index (χ2n) is 6.08. The summed E-state index contributed by atoms with van der Waals surface area (Å²) in [7, 11) is 0. The molecule has 2 aromatic rings. The number of esters is 1. The number of rotatable bonds is 6. The summed E-state index contributed by atoms with van der Waals surface area (Å²) in [4.78, 5) is 28.0. The predicted molar refractivity (Wildman–Crippen MR) is 98.4 cm³/mol. The zero-order chi connectivity index (χ0) is 17.6. The van der Waals surface area contributed by atoms with Gasteiger partial charge in [-0.3, -0.25) is 14.9 Å². The van der Waals surface area contributed by atoms with Crippen molar-refractivity contribution in [1.29, 1.82) is 0 Å². The molecule has 1 N–H and O–H groups in total. The van der Waals surface area contributed by atoms with Crippen LogP contribution in [0.1, 0.15) is 24.8 Å². The maximum Gasteiger partial charge on any atom is 0.306 e. The molecule has 0 fully saturated rings. The molecule has 0 unspecified atom stereocenters. The van der Waals surface area contributed by atoms with Crippen LogP contribution in [0.4, 0.5) is 5.13 Å². The number of benzene rings is 1. The van der Waals surface area contributed by atoms with Crippen molar-refractivity contribution in [3.63, 3.8) is 0 Å². The van der Waals surface area contributed by atoms with Crippen molar-refractivity contribution in [2.45, 2.75) is 26.2 Å². The summed E-state index contributed by atoms with van der Waals surface area (Å²) < 4.78 is 5.03. The van der Waals surface area contributed by atoms with Gasteiger partial charge in [0.25, 0.3) is 5.91 Å². The Morgan fingerprint density at radius 2 is 2.12 bits per heavy atom. The minimum atomic E-state index is -0.375. The fourth-order valence-electron chi connectivity index (χ4n) is 2.63.